The van der Waals surface area contributed by atoms with Gasteiger partial charge in [0.25, 0.3) is 9.05 Å². The minimum absolute atomic E-state index is 0.0287. The maximum atomic E-state index is 11.2. The average molecular weight is 245 g/mol. The third-order valence-electron chi connectivity index (χ3n) is 1.72. The van der Waals surface area contributed by atoms with Crippen molar-refractivity contribution >= 4 is 19.7 Å². The smallest absolute Gasteiger partial charge is 0.207 e. The van der Waals surface area contributed by atoms with Crippen molar-refractivity contribution in [2.24, 2.45) is 0 Å². The van der Waals surface area contributed by atoms with Gasteiger partial charge in [0.05, 0.1) is 5.69 Å². The Bertz CT molecular complexity index is 566. The van der Waals surface area contributed by atoms with Crippen LogP contribution in [0.3, 0.4) is 0 Å². The first-order valence-corrected chi connectivity index (χ1v) is 6.17. The zero-order chi connectivity index (χ0) is 10.9. The molecule has 0 aliphatic rings. The van der Waals surface area contributed by atoms with Crippen LogP contribution >= 0.6 is 10.7 Å². The van der Waals surface area contributed by atoms with Gasteiger partial charge in [0.1, 0.15) is 11.2 Å². The Morgan fingerprint density at radius 3 is 2.60 bits per heavy atom. The summed E-state index contributed by atoms with van der Waals surface area (Å²) in [5.74, 6) is 0. The van der Waals surface area contributed by atoms with E-state index in [1.54, 1.807) is 18.2 Å². The molecule has 0 spiro atoms. The Morgan fingerprint density at radius 2 is 2.00 bits per heavy atom. The summed E-state index contributed by atoms with van der Waals surface area (Å²) in [6.45, 7) is 0. The van der Waals surface area contributed by atoms with E-state index in [-0.39, 0.29) is 4.90 Å². The van der Waals surface area contributed by atoms with Crippen LogP contribution in [0.1, 0.15) is 0 Å². The molecule has 0 aliphatic heterocycles. The van der Waals surface area contributed by atoms with Crippen LogP contribution in [0.25, 0.3) is 5.69 Å². The number of nitrogens with zero attached hydrogens (tertiary/aromatic N) is 4. The third-order valence-corrected chi connectivity index (χ3v) is 3.09. The molecule has 0 saturated carbocycles. The molecule has 0 radical (unpaired) electrons. The van der Waals surface area contributed by atoms with Crippen LogP contribution in [0.4, 0.5) is 0 Å². The Morgan fingerprint density at radius 1 is 1.27 bits per heavy atom. The average Bonchev–Trinajstić information content (AvgIpc) is 2.69. The standard InChI is InChI=1S/C7H5ClN4O2S/c8-15(13,14)7-4-2-1-3-6(7)12-5-9-10-11-12/h1-5H. The van der Waals surface area contributed by atoms with Gasteiger partial charge in [0.15, 0.2) is 0 Å². The first-order valence-electron chi connectivity index (χ1n) is 3.86. The monoisotopic (exact) mass is 244 g/mol. The molecule has 0 atom stereocenters. The first-order chi connectivity index (χ1) is 7.09. The van der Waals surface area contributed by atoms with Gasteiger partial charge in [-0.05, 0) is 22.6 Å². The van der Waals surface area contributed by atoms with E-state index in [2.05, 4.69) is 15.5 Å². The Kier molecular flexibility index (Phi) is 2.41. The summed E-state index contributed by atoms with van der Waals surface area (Å²) in [6.07, 6.45) is 1.29. The fourth-order valence-electron chi connectivity index (χ4n) is 1.12. The van der Waals surface area contributed by atoms with Crippen LogP contribution in [-0.4, -0.2) is 28.6 Å². The second-order valence-corrected chi connectivity index (χ2v) is 5.19. The van der Waals surface area contributed by atoms with Crippen LogP contribution in [-0.2, 0) is 9.05 Å². The number of aromatic nitrogens is 4. The number of hydrogen-bond donors (Lipinski definition) is 0. The van der Waals surface area contributed by atoms with E-state index in [0.29, 0.717) is 5.69 Å². The normalized spacial score (nSPS) is 11.5. The van der Waals surface area contributed by atoms with E-state index in [1.807, 2.05) is 0 Å². The van der Waals surface area contributed by atoms with Gasteiger partial charge in [-0.15, -0.1) is 5.10 Å². The van der Waals surface area contributed by atoms with Gasteiger partial charge in [0.2, 0.25) is 0 Å². The van der Waals surface area contributed by atoms with Crippen molar-refractivity contribution in [3.05, 3.63) is 30.6 Å². The summed E-state index contributed by atoms with van der Waals surface area (Å²) in [5, 5.41) is 10.4. The molecule has 8 heteroatoms. The lowest BCUT2D eigenvalue weighted by Gasteiger charge is -2.03. The molecular weight excluding hydrogens is 240 g/mol. The molecular formula is C7H5ClN4O2S. The highest BCUT2D eigenvalue weighted by atomic mass is 35.7. The molecule has 2 aromatic rings. The van der Waals surface area contributed by atoms with Gasteiger partial charge < -0.3 is 0 Å². The number of benzene rings is 1. The zero-order valence-electron chi connectivity index (χ0n) is 7.28. The summed E-state index contributed by atoms with van der Waals surface area (Å²) in [5.41, 5.74) is 0.317. The molecule has 2 rings (SSSR count). The van der Waals surface area contributed by atoms with Gasteiger partial charge in [0, 0.05) is 10.7 Å². The van der Waals surface area contributed by atoms with Gasteiger partial charge >= 0.3 is 0 Å². The highest BCUT2D eigenvalue weighted by Gasteiger charge is 2.16. The predicted molar refractivity (Wildman–Crippen MR) is 52.2 cm³/mol. The quantitative estimate of drug-likeness (QED) is 0.723. The summed E-state index contributed by atoms with van der Waals surface area (Å²) in [7, 11) is 1.47. The lowest BCUT2D eigenvalue weighted by molar-refractivity contribution is 0.608. The van der Waals surface area contributed by atoms with Gasteiger partial charge in [-0.25, -0.2) is 8.42 Å². The van der Waals surface area contributed by atoms with E-state index in [1.165, 1.54) is 17.1 Å². The maximum Gasteiger partial charge on any atom is 0.263 e. The molecule has 0 N–H and O–H groups in total. The van der Waals surface area contributed by atoms with Crippen molar-refractivity contribution < 1.29 is 8.42 Å². The van der Waals surface area contributed by atoms with Gasteiger partial charge in [-0.3, -0.25) is 0 Å². The highest BCUT2D eigenvalue weighted by Crippen LogP contribution is 2.21. The van der Waals surface area contributed by atoms with Gasteiger partial charge in [-0.2, -0.15) is 4.68 Å². The SMILES string of the molecule is O=S(=O)(Cl)c1ccccc1-n1cnnn1. The predicted octanol–water partition coefficient (Wildman–Crippen LogP) is 0.590. The Labute approximate surface area is 89.9 Å². The lowest BCUT2D eigenvalue weighted by atomic mass is 10.3. The highest BCUT2D eigenvalue weighted by molar-refractivity contribution is 8.13. The molecule has 0 unspecified atom stereocenters. The fourth-order valence-corrected chi connectivity index (χ4v) is 2.17. The van der Waals surface area contributed by atoms with Crippen LogP contribution < -0.4 is 0 Å². The topological polar surface area (TPSA) is 77.7 Å². The summed E-state index contributed by atoms with van der Waals surface area (Å²) in [4.78, 5) is -0.0287. The first kappa shape index (κ1) is 10.1. The summed E-state index contributed by atoms with van der Waals surface area (Å²) >= 11 is 0. The second kappa shape index (κ2) is 3.59. The molecule has 6 nitrogen and oxygen atoms in total. The van der Waals surface area contributed by atoms with E-state index in [9.17, 15) is 8.42 Å². The van der Waals surface area contributed by atoms with Gasteiger partial charge in [-0.1, -0.05) is 12.1 Å². The minimum Gasteiger partial charge on any atom is -0.207 e. The van der Waals surface area contributed by atoms with Crippen molar-refractivity contribution in [1.82, 2.24) is 20.2 Å². The molecule has 1 aromatic carbocycles. The number of rotatable bonds is 2. The van der Waals surface area contributed by atoms with E-state index in [4.69, 9.17) is 10.7 Å². The molecule has 0 saturated heterocycles. The molecule has 15 heavy (non-hydrogen) atoms. The summed E-state index contributed by atoms with van der Waals surface area (Å²) in [6, 6.07) is 6.19. The Balaban J connectivity index is 2.68. The zero-order valence-corrected chi connectivity index (χ0v) is 8.85. The molecule has 0 fully saturated rings. The van der Waals surface area contributed by atoms with Crippen molar-refractivity contribution in [2.75, 3.05) is 0 Å². The molecule has 1 aromatic heterocycles. The van der Waals surface area contributed by atoms with Crippen molar-refractivity contribution in [1.29, 1.82) is 0 Å². The number of halogens is 1. The van der Waals surface area contributed by atoms with Crippen LogP contribution in [0, 0.1) is 0 Å². The second-order valence-electron chi connectivity index (χ2n) is 2.66. The van der Waals surface area contributed by atoms with E-state index >= 15 is 0 Å². The molecule has 0 aliphatic carbocycles. The maximum absolute atomic E-state index is 11.2. The van der Waals surface area contributed by atoms with Crippen LogP contribution in [0.5, 0.6) is 0 Å². The van der Waals surface area contributed by atoms with Crippen molar-refractivity contribution in [3.8, 4) is 5.69 Å². The molecule has 78 valence electrons. The lowest BCUT2D eigenvalue weighted by Crippen LogP contribution is -2.02. The fraction of sp³-hybridized carbons (Fsp3) is 0. The van der Waals surface area contributed by atoms with E-state index < -0.39 is 9.05 Å². The van der Waals surface area contributed by atoms with E-state index in [0.717, 1.165) is 0 Å². The Hall–Kier alpha value is -1.47. The molecule has 0 amide bonds. The largest absolute Gasteiger partial charge is 0.263 e. The molecule has 0 bridgehead atoms. The minimum atomic E-state index is -3.80. The number of para-hydroxylation sites is 1. The van der Waals surface area contributed by atoms with Crippen LogP contribution in [0.15, 0.2) is 35.5 Å². The number of tetrazole rings is 1. The van der Waals surface area contributed by atoms with Crippen molar-refractivity contribution in [3.63, 3.8) is 0 Å². The summed E-state index contributed by atoms with van der Waals surface area (Å²) < 4.78 is 23.7. The molecule has 1 heterocycles. The third kappa shape index (κ3) is 1.97. The van der Waals surface area contributed by atoms with Crippen molar-refractivity contribution in [2.45, 2.75) is 4.90 Å². The van der Waals surface area contributed by atoms with Crippen LogP contribution in [0.2, 0.25) is 0 Å². The number of hydrogen-bond acceptors (Lipinski definition) is 5.